The number of nitrogens with one attached hydrogen (secondary N) is 1. The van der Waals surface area contributed by atoms with E-state index in [-0.39, 0.29) is 24.4 Å². The third-order valence-corrected chi connectivity index (χ3v) is 2.66. The zero-order valence-electron chi connectivity index (χ0n) is 12.8. The summed E-state index contributed by atoms with van der Waals surface area (Å²) < 4.78 is 10.9. The first kappa shape index (κ1) is 19.5. The number of ether oxygens (including phenoxy) is 2. The van der Waals surface area contributed by atoms with Crippen LogP contribution in [0.25, 0.3) is 0 Å². The third kappa shape index (κ3) is 7.20. The highest BCUT2D eigenvalue weighted by atomic mass is 35.5. The molecule has 0 radical (unpaired) electrons. The molecule has 0 aromatic heterocycles. The van der Waals surface area contributed by atoms with E-state index in [1.807, 2.05) is 26.8 Å². The maximum Gasteiger partial charge on any atom is 0.224 e. The standard InChI is InChI=1S/C15H24N2O3.ClH/c1-4-19-12-7-8-14(20-5-2)13(10-12)17-15(18)9-6-11(3)16;/h7-8,10-11H,4-6,9,16H2,1-3H3,(H,17,18);1H. The number of anilines is 1. The van der Waals surface area contributed by atoms with Crippen molar-refractivity contribution >= 4 is 24.0 Å². The summed E-state index contributed by atoms with van der Waals surface area (Å²) in [6.45, 7) is 6.81. The molecule has 1 unspecified atom stereocenters. The van der Waals surface area contributed by atoms with Gasteiger partial charge in [0.2, 0.25) is 5.91 Å². The van der Waals surface area contributed by atoms with Crippen molar-refractivity contribution in [2.45, 2.75) is 39.7 Å². The fraction of sp³-hybridized carbons (Fsp3) is 0.533. The van der Waals surface area contributed by atoms with Gasteiger partial charge in [-0.25, -0.2) is 0 Å². The molecule has 1 rings (SSSR count). The van der Waals surface area contributed by atoms with Crippen LogP contribution in [0.3, 0.4) is 0 Å². The lowest BCUT2D eigenvalue weighted by atomic mass is 10.2. The molecule has 21 heavy (non-hydrogen) atoms. The smallest absolute Gasteiger partial charge is 0.224 e. The van der Waals surface area contributed by atoms with Crippen molar-refractivity contribution in [3.05, 3.63) is 18.2 Å². The minimum atomic E-state index is -0.0723. The Morgan fingerprint density at radius 2 is 1.95 bits per heavy atom. The Morgan fingerprint density at radius 3 is 2.52 bits per heavy atom. The molecule has 1 atom stereocenters. The molecule has 0 heterocycles. The first-order chi connectivity index (χ1) is 9.56. The molecule has 0 aliphatic carbocycles. The van der Waals surface area contributed by atoms with E-state index in [1.165, 1.54) is 0 Å². The lowest BCUT2D eigenvalue weighted by Crippen LogP contribution is -2.19. The van der Waals surface area contributed by atoms with Crippen molar-refractivity contribution in [1.29, 1.82) is 0 Å². The summed E-state index contributed by atoms with van der Waals surface area (Å²) in [5.74, 6) is 1.28. The minimum absolute atomic E-state index is 0. The van der Waals surface area contributed by atoms with Crippen LogP contribution in [-0.4, -0.2) is 25.2 Å². The zero-order valence-corrected chi connectivity index (χ0v) is 13.7. The van der Waals surface area contributed by atoms with E-state index in [0.29, 0.717) is 43.2 Å². The molecular formula is C15H25ClN2O3. The highest BCUT2D eigenvalue weighted by Crippen LogP contribution is 2.29. The predicted octanol–water partition coefficient (Wildman–Crippen LogP) is 2.97. The minimum Gasteiger partial charge on any atom is -0.494 e. The van der Waals surface area contributed by atoms with Gasteiger partial charge in [-0.15, -0.1) is 12.4 Å². The fourth-order valence-electron chi connectivity index (χ4n) is 1.72. The Morgan fingerprint density at radius 1 is 1.29 bits per heavy atom. The number of hydrogen-bond acceptors (Lipinski definition) is 4. The largest absolute Gasteiger partial charge is 0.494 e. The van der Waals surface area contributed by atoms with Gasteiger partial charge >= 0.3 is 0 Å². The van der Waals surface area contributed by atoms with E-state index in [4.69, 9.17) is 15.2 Å². The molecule has 0 aliphatic rings. The number of nitrogens with two attached hydrogens (primary N) is 1. The monoisotopic (exact) mass is 316 g/mol. The maximum absolute atomic E-state index is 11.9. The Kier molecular flexibility index (Phi) is 9.58. The molecule has 1 amide bonds. The van der Waals surface area contributed by atoms with Gasteiger partial charge in [-0.3, -0.25) is 4.79 Å². The summed E-state index contributed by atoms with van der Waals surface area (Å²) in [7, 11) is 0. The van der Waals surface area contributed by atoms with Crippen LogP contribution in [0.4, 0.5) is 5.69 Å². The van der Waals surface area contributed by atoms with Crippen LogP contribution in [0, 0.1) is 0 Å². The van der Waals surface area contributed by atoms with Gasteiger partial charge in [0.05, 0.1) is 18.9 Å². The number of rotatable bonds is 8. The molecule has 120 valence electrons. The van der Waals surface area contributed by atoms with Gasteiger partial charge in [0.15, 0.2) is 0 Å². The van der Waals surface area contributed by atoms with Crippen molar-refractivity contribution in [3.8, 4) is 11.5 Å². The van der Waals surface area contributed by atoms with Gasteiger partial charge in [-0.05, 0) is 39.3 Å². The molecule has 6 heteroatoms. The van der Waals surface area contributed by atoms with Crippen LogP contribution in [0.2, 0.25) is 0 Å². The third-order valence-electron chi connectivity index (χ3n) is 2.66. The topological polar surface area (TPSA) is 73.6 Å². The summed E-state index contributed by atoms with van der Waals surface area (Å²) >= 11 is 0. The van der Waals surface area contributed by atoms with Crippen LogP contribution in [0.1, 0.15) is 33.6 Å². The van der Waals surface area contributed by atoms with E-state index in [2.05, 4.69) is 5.32 Å². The molecule has 0 saturated carbocycles. The van der Waals surface area contributed by atoms with Crippen molar-refractivity contribution in [2.24, 2.45) is 5.73 Å². The van der Waals surface area contributed by atoms with Crippen LogP contribution < -0.4 is 20.5 Å². The number of halogens is 1. The second-order valence-electron chi connectivity index (χ2n) is 4.59. The lowest BCUT2D eigenvalue weighted by Gasteiger charge is -2.14. The normalized spacial score (nSPS) is 11.2. The highest BCUT2D eigenvalue weighted by molar-refractivity contribution is 5.92. The number of carbonyl (C=O) groups is 1. The number of benzene rings is 1. The Balaban J connectivity index is 0.00000400. The summed E-state index contributed by atoms with van der Waals surface area (Å²) in [4.78, 5) is 11.9. The van der Waals surface area contributed by atoms with Gasteiger partial charge < -0.3 is 20.5 Å². The first-order valence-electron chi connectivity index (χ1n) is 7.01. The van der Waals surface area contributed by atoms with Crippen LogP contribution in [0.5, 0.6) is 11.5 Å². The Bertz CT molecular complexity index is 439. The SMILES string of the molecule is CCOc1ccc(OCC)c(NC(=O)CCC(C)N)c1.Cl. The summed E-state index contributed by atoms with van der Waals surface area (Å²) in [6, 6.07) is 5.42. The Labute approximate surface area is 132 Å². The summed E-state index contributed by atoms with van der Waals surface area (Å²) in [5, 5.41) is 2.85. The molecular weight excluding hydrogens is 292 g/mol. The molecule has 5 nitrogen and oxygen atoms in total. The quantitative estimate of drug-likeness (QED) is 0.773. The van der Waals surface area contributed by atoms with Gasteiger partial charge in [0.25, 0.3) is 0 Å². The van der Waals surface area contributed by atoms with Crippen molar-refractivity contribution < 1.29 is 14.3 Å². The average Bonchev–Trinajstić information content (AvgIpc) is 2.40. The van der Waals surface area contributed by atoms with Crippen molar-refractivity contribution in [2.75, 3.05) is 18.5 Å². The molecule has 0 spiro atoms. The lowest BCUT2D eigenvalue weighted by molar-refractivity contribution is -0.116. The maximum atomic E-state index is 11.9. The summed E-state index contributed by atoms with van der Waals surface area (Å²) in [6.07, 6.45) is 1.04. The number of amides is 1. The molecule has 1 aromatic carbocycles. The molecule has 0 fully saturated rings. The second kappa shape index (κ2) is 10.3. The van der Waals surface area contributed by atoms with Crippen LogP contribution in [0.15, 0.2) is 18.2 Å². The Hall–Kier alpha value is -1.46. The van der Waals surface area contributed by atoms with Crippen molar-refractivity contribution in [1.82, 2.24) is 0 Å². The molecule has 0 saturated heterocycles. The second-order valence-corrected chi connectivity index (χ2v) is 4.59. The van der Waals surface area contributed by atoms with Crippen molar-refractivity contribution in [3.63, 3.8) is 0 Å². The van der Waals surface area contributed by atoms with Gasteiger partial charge in [-0.2, -0.15) is 0 Å². The van der Waals surface area contributed by atoms with E-state index in [1.54, 1.807) is 12.1 Å². The van der Waals surface area contributed by atoms with Gasteiger partial charge in [0.1, 0.15) is 11.5 Å². The fourth-order valence-corrected chi connectivity index (χ4v) is 1.72. The highest BCUT2D eigenvalue weighted by Gasteiger charge is 2.10. The van der Waals surface area contributed by atoms with Crippen LogP contribution in [-0.2, 0) is 4.79 Å². The van der Waals surface area contributed by atoms with E-state index >= 15 is 0 Å². The van der Waals surface area contributed by atoms with Gasteiger partial charge in [-0.1, -0.05) is 0 Å². The molecule has 0 bridgehead atoms. The summed E-state index contributed by atoms with van der Waals surface area (Å²) in [5.41, 5.74) is 6.28. The predicted molar refractivity (Wildman–Crippen MR) is 87.5 cm³/mol. The number of carbonyl (C=O) groups excluding carboxylic acids is 1. The molecule has 0 aliphatic heterocycles. The molecule has 1 aromatic rings. The number of hydrogen-bond donors (Lipinski definition) is 2. The zero-order chi connectivity index (χ0) is 15.0. The molecule has 3 N–H and O–H groups in total. The van der Waals surface area contributed by atoms with E-state index < -0.39 is 0 Å². The van der Waals surface area contributed by atoms with E-state index in [9.17, 15) is 4.79 Å². The van der Waals surface area contributed by atoms with Crippen LogP contribution >= 0.6 is 12.4 Å². The first-order valence-corrected chi connectivity index (χ1v) is 7.01. The average molecular weight is 317 g/mol. The van der Waals surface area contributed by atoms with E-state index in [0.717, 1.165) is 0 Å². The van der Waals surface area contributed by atoms with Gasteiger partial charge in [0, 0.05) is 18.5 Å².